The molecule has 3 N–H and O–H groups in total. The van der Waals surface area contributed by atoms with Crippen molar-refractivity contribution in [3.05, 3.63) is 35.1 Å². The van der Waals surface area contributed by atoms with Crippen LogP contribution in [0.15, 0.2) is 18.2 Å². The highest BCUT2D eigenvalue weighted by Crippen LogP contribution is 2.35. The summed E-state index contributed by atoms with van der Waals surface area (Å²) in [5.41, 5.74) is 1.59. The SMILES string of the molecule is CC1CCc2c(F)cccc2C1NC(=O)NCCCO. The number of rotatable bonds is 4. The summed E-state index contributed by atoms with van der Waals surface area (Å²) in [5, 5.41) is 14.3. The van der Waals surface area contributed by atoms with E-state index in [1.54, 1.807) is 6.07 Å². The van der Waals surface area contributed by atoms with Crippen LogP contribution >= 0.6 is 0 Å². The topological polar surface area (TPSA) is 61.4 Å². The Bertz CT molecular complexity index is 479. The minimum atomic E-state index is -0.271. The van der Waals surface area contributed by atoms with Crippen LogP contribution in [0.25, 0.3) is 0 Å². The highest BCUT2D eigenvalue weighted by molar-refractivity contribution is 5.74. The van der Waals surface area contributed by atoms with Gasteiger partial charge in [0, 0.05) is 13.2 Å². The Labute approximate surface area is 118 Å². The standard InChI is InChI=1S/C15H21FN2O2/c1-10-6-7-11-12(4-2-5-13(11)16)14(10)18-15(20)17-8-3-9-19/h2,4-5,10,14,19H,3,6-9H2,1H3,(H2,17,18,20). The van der Waals surface area contributed by atoms with Crippen molar-refractivity contribution >= 4 is 6.03 Å². The molecule has 1 aliphatic rings. The van der Waals surface area contributed by atoms with E-state index >= 15 is 0 Å². The Hall–Kier alpha value is -1.62. The number of nitrogens with one attached hydrogen (secondary N) is 2. The van der Waals surface area contributed by atoms with E-state index in [9.17, 15) is 9.18 Å². The Morgan fingerprint density at radius 3 is 3.05 bits per heavy atom. The zero-order chi connectivity index (χ0) is 14.5. The Morgan fingerprint density at radius 1 is 1.50 bits per heavy atom. The molecule has 0 fully saturated rings. The van der Waals surface area contributed by atoms with Crippen LogP contribution in [0.3, 0.4) is 0 Å². The van der Waals surface area contributed by atoms with Crippen LogP contribution in [-0.2, 0) is 6.42 Å². The van der Waals surface area contributed by atoms with E-state index in [0.29, 0.717) is 24.9 Å². The van der Waals surface area contributed by atoms with E-state index in [2.05, 4.69) is 17.6 Å². The van der Waals surface area contributed by atoms with Gasteiger partial charge in [-0.15, -0.1) is 0 Å². The molecule has 0 saturated heterocycles. The molecule has 2 unspecified atom stereocenters. The van der Waals surface area contributed by atoms with Crippen molar-refractivity contribution in [2.45, 2.75) is 32.2 Å². The molecule has 1 aliphatic carbocycles. The lowest BCUT2D eigenvalue weighted by Crippen LogP contribution is -2.42. The zero-order valence-electron chi connectivity index (χ0n) is 11.7. The van der Waals surface area contributed by atoms with Crippen molar-refractivity contribution in [1.29, 1.82) is 0 Å². The van der Waals surface area contributed by atoms with Crippen LogP contribution in [-0.4, -0.2) is 24.3 Å². The van der Waals surface area contributed by atoms with Gasteiger partial charge in [0.2, 0.25) is 0 Å². The minimum Gasteiger partial charge on any atom is -0.396 e. The number of aliphatic hydroxyl groups is 1. The molecular weight excluding hydrogens is 259 g/mol. The van der Waals surface area contributed by atoms with Crippen molar-refractivity contribution in [2.24, 2.45) is 5.92 Å². The fraction of sp³-hybridized carbons (Fsp3) is 0.533. The second-order valence-electron chi connectivity index (χ2n) is 5.28. The van der Waals surface area contributed by atoms with Gasteiger partial charge in [-0.25, -0.2) is 9.18 Å². The molecule has 0 aromatic heterocycles. The lowest BCUT2D eigenvalue weighted by atomic mass is 9.80. The molecule has 5 heteroatoms. The van der Waals surface area contributed by atoms with Crippen molar-refractivity contribution in [3.63, 3.8) is 0 Å². The molecule has 1 aromatic carbocycles. The van der Waals surface area contributed by atoms with Gasteiger partial charge in [-0.05, 0) is 42.4 Å². The fourth-order valence-corrected chi connectivity index (χ4v) is 2.67. The summed E-state index contributed by atoms with van der Waals surface area (Å²) in [5.74, 6) is 0.0785. The van der Waals surface area contributed by atoms with Gasteiger partial charge in [-0.2, -0.15) is 0 Å². The van der Waals surface area contributed by atoms with E-state index in [1.807, 2.05) is 6.07 Å². The van der Waals surface area contributed by atoms with Crippen LogP contribution in [0.1, 0.15) is 36.9 Å². The lowest BCUT2D eigenvalue weighted by Gasteiger charge is -2.32. The van der Waals surface area contributed by atoms with Crippen LogP contribution in [0, 0.1) is 11.7 Å². The summed E-state index contributed by atoms with van der Waals surface area (Å²) >= 11 is 0. The number of fused-ring (bicyclic) bond motifs is 1. The largest absolute Gasteiger partial charge is 0.396 e. The number of aliphatic hydroxyl groups excluding tert-OH is 1. The zero-order valence-corrected chi connectivity index (χ0v) is 11.7. The second-order valence-corrected chi connectivity index (χ2v) is 5.28. The third-order valence-electron chi connectivity index (χ3n) is 3.82. The predicted octanol–water partition coefficient (Wildman–Crippen LogP) is 2.13. The summed E-state index contributed by atoms with van der Waals surface area (Å²) < 4.78 is 13.8. The van der Waals surface area contributed by atoms with E-state index in [1.165, 1.54) is 6.07 Å². The number of urea groups is 1. The number of carbonyl (C=O) groups is 1. The number of hydrogen-bond donors (Lipinski definition) is 3. The summed E-state index contributed by atoms with van der Waals surface area (Å²) in [6.45, 7) is 2.54. The van der Waals surface area contributed by atoms with Crippen LogP contribution in [0.5, 0.6) is 0 Å². The molecule has 20 heavy (non-hydrogen) atoms. The average Bonchev–Trinajstić information content (AvgIpc) is 2.43. The number of halogens is 1. The first-order chi connectivity index (χ1) is 9.63. The van der Waals surface area contributed by atoms with E-state index in [4.69, 9.17) is 5.11 Å². The number of hydrogen-bond acceptors (Lipinski definition) is 2. The quantitative estimate of drug-likeness (QED) is 0.740. The van der Waals surface area contributed by atoms with Crippen LogP contribution in [0.4, 0.5) is 9.18 Å². The maximum absolute atomic E-state index is 13.8. The van der Waals surface area contributed by atoms with Crippen molar-refractivity contribution in [3.8, 4) is 0 Å². The Kier molecular flexibility index (Phi) is 4.95. The molecule has 110 valence electrons. The third kappa shape index (κ3) is 3.28. The van der Waals surface area contributed by atoms with Crippen LogP contribution < -0.4 is 10.6 Å². The van der Waals surface area contributed by atoms with Crippen molar-refractivity contribution in [1.82, 2.24) is 10.6 Å². The van der Waals surface area contributed by atoms with Gasteiger partial charge >= 0.3 is 6.03 Å². The second kappa shape index (κ2) is 6.70. The van der Waals surface area contributed by atoms with E-state index in [-0.39, 0.29) is 30.4 Å². The van der Waals surface area contributed by atoms with Gasteiger partial charge < -0.3 is 15.7 Å². The molecule has 0 heterocycles. The third-order valence-corrected chi connectivity index (χ3v) is 3.82. The molecule has 1 aromatic rings. The Balaban J connectivity index is 2.08. The Morgan fingerprint density at radius 2 is 2.30 bits per heavy atom. The van der Waals surface area contributed by atoms with Crippen molar-refractivity contribution in [2.75, 3.05) is 13.2 Å². The molecule has 4 nitrogen and oxygen atoms in total. The van der Waals surface area contributed by atoms with Crippen molar-refractivity contribution < 1.29 is 14.3 Å². The minimum absolute atomic E-state index is 0.0498. The summed E-state index contributed by atoms with van der Waals surface area (Å²) in [4.78, 5) is 11.8. The smallest absolute Gasteiger partial charge is 0.315 e. The van der Waals surface area contributed by atoms with Gasteiger partial charge in [-0.3, -0.25) is 0 Å². The fourth-order valence-electron chi connectivity index (χ4n) is 2.67. The number of carbonyl (C=O) groups excluding carboxylic acids is 1. The molecule has 0 spiro atoms. The molecule has 0 aliphatic heterocycles. The van der Waals surface area contributed by atoms with Gasteiger partial charge in [0.1, 0.15) is 5.82 Å². The summed E-state index contributed by atoms with van der Waals surface area (Å²) in [6.07, 6.45) is 2.10. The molecule has 2 atom stereocenters. The first-order valence-corrected chi connectivity index (χ1v) is 7.06. The first kappa shape index (κ1) is 14.8. The molecule has 2 amide bonds. The molecule has 0 bridgehead atoms. The highest BCUT2D eigenvalue weighted by Gasteiger charge is 2.29. The molecule has 0 saturated carbocycles. The van der Waals surface area contributed by atoms with E-state index < -0.39 is 0 Å². The first-order valence-electron chi connectivity index (χ1n) is 7.06. The summed E-state index contributed by atoms with van der Waals surface area (Å²) in [6, 6.07) is 4.60. The van der Waals surface area contributed by atoms with Gasteiger partial charge in [0.15, 0.2) is 0 Å². The van der Waals surface area contributed by atoms with Gasteiger partial charge in [-0.1, -0.05) is 19.1 Å². The number of benzene rings is 1. The maximum Gasteiger partial charge on any atom is 0.315 e. The predicted molar refractivity (Wildman–Crippen MR) is 74.9 cm³/mol. The number of amides is 2. The van der Waals surface area contributed by atoms with Gasteiger partial charge in [0.05, 0.1) is 6.04 Å². The normalized spacial score (nSPS) is 21.1. The molecule has 2 rings (SSSR count). The maximum atomic E-state index is 13.8. The van der Waals surface area contributed by atoms with Gasteiger partial charge in [0.25, 0.3) is 0 Å². The highest BCUT2D eigenvalue weighted by atomic mass is 19.1. The van der Waals surface area contributed by atoms with E-state index in [0.717, 1.165) is 12.0 Å². The lowest BCUT2D eigenvalue weighted by molar-refractivity contribution is 0.227. The molecular formula is C15H21FN2O2. The summed E-state index contributed by atoms with van der Waals surface area (Å²) in [7, 11) is 0. The molecule has 0 radical (unpaired) electrons. The van der Waals surface area contributed by atoms with Crippen LogP contribution in [0.2, 0.25) is 0 Å². The average molecular weight is 280 g/mol. The monoisotopic (exact) mass is 280 g/mol.